The molecule has 1 aromatic carbocycles. The van der Waals surface area contributed by atoms with Crippen molar-refractivity contribution in [1.29, 1.82) is 0 Å². The lowest BCUT2D eigenvalue weighted by Gasteiger charge is -2.04. The number of thiazole rings is 1. The molecule has 108 valence electrons. The molecule has 0 amide bonds. The molecule has 2 N–H and O–H groups in total. The van der Waals surface area contributed by atoms with Gasteiger partial charge in [0.2, 0.25) is 0 Å². The van der Waals surface area contributed by atoms with E-state index in [4.69, 9.17) is 15.2 Å². The first-order valence-corrected chi connectivity index (χ1v) is 7.34. The van der Waals surface area contributed by atoms with Crippen molar-refractivity contribution < 1.29 is 9.47 Å². The van der Waals surface area contributed by atoms with Gasteiger partial charge >= 0.3 is 0 Å². The van der Waals surface area contributed by atoms with Gasteiger partial charge < -0.3 is 15.2 Å². The molecular formula is C15H20N2O2S. The molecule has 0 aliphatic heterocycles. The summed E-state index contributed by atoms with van der Waals surface area (Å²) < 4.78 is 10.9. The number of ether oxygens (including phenoxy) is 2. The summed E-state index contributed by atoms with van der Waals surface area (Å²) in [5.74, 6) is 0.857. The number of aryl methyl sites for hydroxylation is 1. The number of rotatable bonds is 6. The van der Waals surface area contributed by atoms with E-state index in [1.165, 1.54) is 5.56 Å². The molecule has 0 saturated carbocycles. The molecule has 20 heavy (non-hydrogen) atoms. The van der Waals surface area contributed by atoms with Crippen molar-refractivity contribution >= 4 is 11.3 Å². The maximum atomic E-state index is 5.96. The number of nitrogens with two attached hydrogens (primary N) is 1. The largest absolute Gasteiger partial charge is 0.486 e. The Morgan fingerprint density at radius 2 is 2.15 bits per heavy atom. The van der Waals surface area contributed by atoms with Gasteiger partial charge in [0.15, 0.2) is 0 Å². The van der Waals surface area contributed by atoms with Crippen LogP contribution < -0.4 is 10.5 Å². The first kappa shape index (κ1) is 15.0. The zero-order valence-corrected chi connectivity index (χ0v) is 12.9. The highest BCUT2D eigenvalue weighted by Crippen LogP contribution is 2.26. The van der Waals surface area contributed by atoms with Crippen LogP contribution in [-0.2, 0) is 18.0 Å². The van der Waals surface area contributed by atoms with Crippen molar-refractivity contribution in [2.24, 2.45) is 5.73 Å². The summed E-state index contributed by atoms with van der Waals surface area (Å²) in [6.07, 6.45) is 0. The van der Waals surface area contributed by atoms with Crippen LogP contribution in [0.1, 0.15) is 34.1 Å². The number of methoxy groups -OCH3 is 1. The highest BCUT2D eigenvalue weighted by Gasteiger charge is 2.14. The lowest BCUT2D eigenvalue weighted by molar-refractivity contribution is 0.180. The summed E-state index contributed by atoms with van der Waals surface area (Å²) in [5.41, 5.74) is 8.05. The van der Waals surface area contributed by atoms with E-state index in [2.05, 4.69) is 4.98 Å². The van der Waals surface area contributed by atoms with Crippen molar-refractivity contribution in [3.05, 3.63) is 45.4 Å². The molecule has 0 saturated heterocycles. The van der Waals surface area contributed by atoms with Crippen LogP contribution in [0.15, 0.2) is 24.3 Å². The van der Waals surface area contributed by atoms with Gasteiger partial charge in [0, 0.05) is 18.0 Å². The summed E-state index contributed by atoms with van der Waals surface area (Å²) in [5, 5.41) is 0.922. The van der Waals surface area contributed by atoms with Gasteiger partial charge in [-0.25, -0.2) is 4.98 Å². The monoisotopic (exact) mass is 292 g/mol. The van der Waals surface area contributed by atoms with Gasteiger partial charge in [0.25, 0.3) is 0 Å². The molecule has 0 spiro atoms. The predicted octanol–water partition coefficient (Wildman–Crippen LogP) is 3.20. The molecule has 5 heteroatoms. The Hall–Kier alpha value is -1.43. The Bertz CT molecular complexity index is 567. The number of hydrogen-bond donors (Lipinski definition) is 1. The minimum absolute atomic E-state index is 0.0367. The Labute approximate surface area is 123 Å². The van der Waals surface area contributed by atoms with Gasteiger partial charge in [-0.2, -0.15) is 0 Å². The van der Waals surface area contributed by atoms with Crippen LogP contribution in [0.25, 0.3) is 0 Å². The minimum Gasteiger partial charge on any atom is -0.486 e. The molecule has 2 rings (SSSR count). The number of hydrogen-bond acceptors (Lipinski definition) is 5. The van der Waals surface area contributed by atoms with E-state index in [0.717, 1.165) is 21.3 Å². The number of aromatic nitrogens is 1. The standard InChI is InChI=1S/C15H20N2O2S/c1-10-5-4-6-12(7-10)19-9-14-17-13(8-18-3)15(20-14)11(2)16/h4-7,11H,8-9,16H2,1-3H3. The second-order valence-electron chi connectivity index (χ2n) is 4.75. The molecule has 2 aromatic rings. The van der Waals surface area contributed by atoms with Crippen molar-refractivity contribution in [2.45, 2.75) is 33.1 Å². The van der Waals surface area contributed by atoms with E-state index in [1.54, 1.807) is 18.4 Å². The highest BCUT2D eigenvalue weighted by molar-refractivity contribution is 7.11. The SMILES string of the molecule is COCc1nc(COc2cccc(C)c2)sc1C(C)N. The van der Waals surface area contributed by atoms with E-state index in [0.29, 0.717) is 13.2 Å². The molecule has 0 fully saturated rings. The molecule has 0 aliphatic carbocycles. The minimum atomic E-state index is -0.0367. The second kappa shape index (κ2) is 6.83. The Morgan fingerprint density at radius 1 is 1.35 bits per heavy atom. The van der Waals surface area contributed by atoms with Crippen molar-refractivity contribution in [3.8, 4) is 5.75 Å². The fourth-order valence-corrected chi connectivity index (χ4v) is 2.86. The molecule has 4 nitrogen and oxygen atoms in total. The Balaban J connectivity index is 2.07. The average molecular weight is 292 g/mol. The third-order valence-electron chi connectivity index (χ3n) is 2.82. The number of benzene rings is 1. The second-order valence-corrected chi connectivity index (χ2v) is 5.86. The molecule has 1 unspecified atom stereocenters. The van der Waals surface area contributed by atoms with E-state index in [-0.39, 0.29) is 6.04 Å². The topological polar surface area (TPSA) is 57.4 Å². The fraction of sp³-hybridized carbons (Fsp3) is 0.400. The van der Waals surface area contributed by atoms with Crippen molar-refractivity contribution in [1.82, 2.24) is 4.98 Å². The molecule has 0 bridgehead atoms. The highest BCUT2D eigenvalue weighted by atomic mass is 32.1. The summed E-state index contributed by atoms with van der Waals surface area (Å²) in [6, 6.07) is 7.95. The molecule has 1 heterocycles. The van der Waals surface area contributed by atoms with Crippen LogP contribution in [0, 0.1) is 6.92 Å². The third-order valence-corrected chi connectivity index (χ3v) is 4.09. The summed E-state index contributed by atoms with van der Waals surface area (Å²) in [7, 11) is 1.66. The van der Waals surface area contributed by atoms with Gasteiger partial charge in [0.1, 0.15) is 17.4 Å². The summed E-state index contributed by atoms with van der Waals surface area (Å²) in [4.78, 5) is 5.61. The van der Waals surface area contributed by atoms with E-state index in [9.17, 15) is 0 Å². The maximum Gasteiger partial charge on any atom is 0.140 e. The summed E-state index contributed by atoms with van der Waals surface area (Å²) >= 11 is 1.59. The molecule has 0 radical (unpaired) electrons. The Kier molecular flexibility index (Phi) is 5.11. The first-order valence-electron chi connectivity index (χ1n) is 6.52. The molecule has 0 aliphatic rings. The first-order chi connectivity index (χ1) is 9.60. The quantitative estimate of drug-likeness (QED) is 0.888. The zero-order chi connectivity index (χ0) is 14.5. The van der Waals surface area contributed by atoms with Crippen LogP contribution in [0.3, 0.4) is 0 Å². The Morgan fingerprint density at radius 3 is 2.80 bits per heavy atom. The maximum absolute atomic E-state index is 5.96. The predicted molar refractivity (Wildman–Crippen MR) is 80.9 cm³/mol. The molecule has 1 atom stereocenters. The lowest BCUT2D eigenvalue weighted by Crippen LogP contribution is -2.06. The van der Waals surface area contributed by atoms with Gasteiger partial charge in [-0.05, 0) is 31.5 Å². The fourth-order valence-electron chi connectivity index (χ4n) is 1.92. The van der Waals surface area contributed by atoms with Gasteiger partial charge in [-0.15, -0.1) is 11.3 Å². The van der Waals surface area contributed by atoms with Crippen molar-refractivity contribution in [3.63, 3.8) is 0 Å². The molecule has 1 aromatic heterocycles. The zero-order valence-electron chi connectivity index (χ0n) is 12.1. The van der Waals surface area contributed by atoms with Crippen LogP contribution in [0.4, 0.5) is 0 Å². The van der Waals surface area contributed by atoms with Crippen LogP contribution in [0.2, 0.25) is 0 Å². The lowest BCUT2D eigenvalue weighted by atomic mass is 10.2. The van der Waals surface area contributed by atoms with Gasteiger partial charge in [-0.1, -0.05) is 12.1 Å². The van der Waals surface area contributed by atoms with Gasteiger partial charge in [-0.3, -0.25) is 0 Å². The van der Waals surface area contributed by atoms with Gasteiger partial charge in [0.05, 0.1) is 12.3 Å². The number of nitrogens with zero attached hydrogens (tertiary/aromatic N) is 1. The smallest absolute Gasteiger partial charge is 0.140 e. The van der Waals surface area contributed by atoms with E-state index < -0.39 is 0 Å². The van der Waals surface area contributed by atoms with Crippen LogP contribution >= 0.6 is 11.3 Å². The average Bonchev–Trinajstić information content (AvgIpc) is 2.80. The normalized spacial score (nSPS) is 12.4. The van der Waals surface area contributed by atoms with Crippen LogP contribution in [0.5, 0.6) is 5.75 Å². The van der Waals surface area contributed by atoms with Crippen LogP contribution in [-0.4, -0.2) is 12.1 Å². The van der Waals surface area contributed by atoms with E-state index in [1.807, 2.05) is 38.1 Å². The third kappa shape index (κ3) is 3.79. The molecular weight excluding hydrogens is 272 g/mol. The van der Waals surface area contributed by atoms with E-state index >= 15 is 0 Å². The van der Waals surface area contributed by atoms with Crippen molar-refractivity contribution in [2.75, 3.05) is 7.11 Å². The summed E-state index contributed by atoms with van der Waals surface area (Å²) in [6.45, 7) is 4.94.